The number of nitrogens with zero attached hydrogens (tertiary/aromatic N) is 1. The van der Waals surface area contributed by atoms with Crippen molar-refractivity contribution in [3.05, 3.63) is 94.0 Å². The van der Waals surface area contributed by atoms with Crippen molar-refractivity contribution in [2.45, 2.75) is 33.0 Å². The van der Waals surface area contributed by atoms with Crippen molar-refractivity contribution < 1.29 is 23.5 Å². The number of ether oxygens (including phenoxy) is 2. The lowest BCUT2D eigenvalue weighted by atomic mass is 9.96. The van der Waals surface area contributed by atoms with E-state index in [0.29, 0.717) is 0 Å². The fourth-order valence-electron chi connectivity index (χ4n) is 3.33. The molecular formula is C27H24ClFN4O4. The molecule has 0 aromatic heterocycles. The highest BCUT2D eigenvalue weighted by Gasteiger charge is 2.26. The molecule has 8 nitrogen and oxygen atoms in total. The highest BCUT2D eigenvalue weighted by atomic mass is 35.5. The summed E-state index contributed by atoms with van der Waals surface area (Å²) in [6.45, 7) is 12.7. The number of alkyl carbamates (subject to hydrolysis) is 1. The Kier molecular flexibility index (Phi) is 8.48. The van der Waals surface area contributed by atoms with Crippen molar-refractivity contribution in [3.8, 4) is 16.9 Å². The Morgan fingerprint density at radius 2 is 1.76 bits per heavy atom. The van der Waals surface area contributed by atoms with E-state index in [2.05, 4.69) is 15.5 Å². The summed E-state index contributed by atoms with van der Waals surface area (Å²) in [6, 6.07) is 16.1. The first-order valence-corrected chi connectivity index (χ1v) is 11.4. The first-order valence-electron chi connectivity index (χ1n) is 11.1. The summed E-state index contributed by atoms with van der Waals surface area (Å²) in [5, 5.41) is 12.1. The topological polar surface area (TPSA) is 105 Å². The molecule has 3 aromatic rings. The van der Waals surface area contributed by atoms with Gasteiger partial charge in [0.25, 0.3) is 5.91 Å². The summed E-state index contributed by atoms with van der Waals surface area (Å²) in [6.07, 6.45) is -0.943. The van der Waals surface area contributed by atoms with Crippen LogP contribution in [0.1, 0.15) is 36.7 Å². The quantitative estimate of drug-likeness (QED) is 0.203. The average molecular weight is 523 g/mol. The van der Waals surface area contributed by atoms with Crippen LogP contribution in [0.5, 0.6) is 5.75 Å². The third-order valence-corrected chi connectivity index (χ3v) is 5.20. The third kappa shape index (κ3) is 7.06. The Balaban J connectivity index is 2.05. The van der Waals surface area contributed by atoms with Crippen LogP contribution in [0, 0.1) is 17.8 Å². The minimum atomic E-state index is -0.943. The maximum Gasteiger partial charge on any atom is 0.414 e. The Labute approximate surface area is 218 Å². The van der Waals surface area contributed by atoms with Crippen molar-refractivity contribution in [1.82, 2.24) is 10.6 Å². The largest absolute Gasteiger partial charge is 0.488 e. The molecule has 0 aliphatic rings. The first kappa shape index (κ1) is 27.2. The minimum absolute atomic E-state index is 0.0105. The number of amides is 2. The van der Waals surface area contributed by atoms with E-state index in [-0.39, 0.29) is 39.8 Å². The van der Waals surface area contributed by atoms with Gasteiger partial charge in [-0.25, -0.2) is 14.0 Å². The highest BCUT2D eigenvalue weighted by Crippen LogP contribution is 2.42. The Morgan fingerprint density at radius 1 is 1.05 bits per heavy atom. The Morgan fingerprint density at radius 3 is 2.41 bits per heavy atom. The zero-order valence-electron chi connectivity index (χ0n) is 20.3. The Hall–Kier alpha value is -4.42. The van der Waals surface area contributed by atoms with Crippen molar-refractivity contribution in [2.24, 2.45) is 0 Å². The van der Waals surface area contributed by atoms with Crippen molar-refractivity contribution in [3.63, 3.8) is 0 Å². The van der Waals surface area contributed by atoms with E-state index in [1.54, 1.807) is 20.8 Å². The summed E-state index contributed by atoms with van der Waals surface area (Å²) >= 11 is 6.23. The van der Waals surface area contributed by atoms with Crippen LogP contribution in [-0.2, 0) is 11.3 Å². The van der Waals surface area contributed by atoms with Crippen molar-refractivity contribution in [1.29, 1.82) is 5.41 Å². The number of carbonyl (C=O) groups excluding carboxylic acids is 2. The molecule has 190 valence electrons. The number of hydrogen-bond donors (Lipinski definition) is 3. The standard InChI is InChI=1S/C27H24ClFN4O4/c1-27(2,3)37-26(35)33-25(30)32-24(34)22-20(36-15-16-9-6-5-7-10-16)14-13-19(31-4)21(22)17-11-8-12-18(29)23(17)28/h5-14H,15H2,1-3H3,(H3,30,32,33,34,35). The van der Waals surface area contributed by atoms with E-state index >= 15 is 0 Å². The lowest BCUT2D eigenvalue weighted by Gasteiger charge is -2.21. The summed E-state index contributed by atoms with van der Waals surface area (Å²) in [5.74, 6) is -2.23. The van der Waals surface area contributed by atoms with Gasteiger partial charge in [0.15, 0.2) is 5.69 Å². The fraction of sp³-hybridized carbons (Fsp3) is 0.185. The number of nitrogens with one attached hydrogen (secondary N) is 3. The molecule has 0 atom stereocenters. The number of rotatable bonds is 5. The van der Waals surface area contributed by atoms with Gasteiger partial charge in [0.05, 0.1) is 17.2 Å². The normalized spacial score (nSPS) is 10.7. The molecule has 0 radical (unpaired) electrons. The molecule has 0 unspecified atom stereocenters. The predicted octanol–water partition coefficient (Wildman–Crippen LogP) is 6.47. The van der Waals surface area contributed by atoms with Crippen LogP contribution in [0.25, 0.3) is 16.0 Å². The zero-order chi connectivity index (χ0) is 27.2. The molecule has 0 fully saturated rings. The molecule has 0 saturated carbocycles. The van der Waals surface area contributed by atoms with Gasteiger partial charge in [0.2, 0.25) is 5.96 Å². The maximum atomic E-state index is 14.4. The SMILES string of the molecule is [C-]#[N+]c1ccc(OCc2ccccc2)c(C(=O)NC(=N)NC(=O)OC(C)(C)C)c1-c1cccc(F)c1Cl. The molecule has 3 N–H and O–H groups in total. The van der Waals surface area contributed by atoms with Gasteiger partial charge in [-0.2, -0.15) is 0 Å². The molecule has 3 rings (SSSR count). The summed E-state index contributed by atoms with van der Waals surface area (Å²) < 4.78 is 25.4. The molecule has 3 aromatic carbocycles. The fourth-order valence-corrected chi connectivity index (χ4v) is 3.55. The Bertz CT molecular complexity index is 1380. The van der Waals surface area contributed by atoms with Crippen LogP contribution in [0.3, 0.4) is 0 Å². The van der Waals surface area contributed by atoms with Gasteiger partial charge >= 0.3 is 6.09 Å². The number of guanidine groups is 1. The van der Waals surface area contributed by atoms with Gasteiger partial charge < -0.3 is 9.47 Å². The van der Waals surface area contributed by atoms with Gasteiger partial charge in [0, 0.05) is 5.56 Å². The molecule has 0 aliphatic heterocycles. The monoisotopic (exact) mass is 522 g/mol. The molecular weight excluding hydrogens is 499 g/mol. The number of hydrogen-bond acceptors (Lipinski definition) is 5. The van der Waals surface area contributed by atoms with Gasteiger partial charge in [-0.05, 0) is 44.0 Å². The highest BCUT2D eigenvalue weighted by molar-refractivity contribution is 6.34. The van der Waals surface area contributed by atoms with Gasteiger partial charge in [-0.3, -0.25) is 20.8 Å². The predicted molar refractivity (Wildman–Crippen MR) is 138 cm³/mol. The second-order valence-corrected chi connectivity index (χ2v) is 9.15. The smallest absolute Gasteiger partial charge is 0.414 e. The third-order valence-electron chi connectivity index (χ3n) is 4.82. The molecule has 0 bridgehead atoms. The molecule has 10 heteroatoms. The summed E-state index contributed by atoms with van der Waals surface area (Å²) in [5.41, 5.74) is -0.0445. The van der Waals surface area contributed by atoms with Crippen LogP contribution in [0.15, 0.2) is 60.7 Å². The second-order valence-electron chi connectivity index (χ2n) is 8.78. The lowest BCUT2D eigenvalue weighted by Crippen LogP contribution is -2.45. The average Bonchev–Trinajstić information content (AvgIpc) is 2.83. The number of carbonyl (C=O) groups is 2. The summed E-state index contributed by atoms with van der Waals surface area (Å²) in [4.78, 5) is 29.0. The second kappa shape index (κ2) is 11.5. The van der Waals surface area contributed by atoms with E-state index < -0.39 is 29.4 Å². The van der Waals surface area contributed by atoms with E-state index in [1.807, 2.05) is 30.3 Å². The van der Waals surface area contributed by atoms with Crippen LogP contribution < -0.4 is 15.4 Å². The lowest BCUT2D eigenvalue weighted by molar-refractivity contribution is 0.0561. The molecule has 0 aliphatic carbocycles. The molecule has 37 heavy (non-hydrogen) atoms. The zero-order valence-corrected chi connectivity index (χ0v) is 21.1. The first-order chi connectivity index (χ1) is 17.5. The van der Waals surface area contributed by atoms with Crippen molar-refractivity contribution in [2.75, 3.05) is 0 Å². The number of halogens is 2. The maximum absolute atomic E-state index is 14.4. The van der Waals surface area contributed by atoms with Crippen LogP contribution >= 0.6 is 11.6 Å². The molecule has 2 amide bonds. The molecule has 0 saturated heterocycles. The van der Waals surface area contributed by atoms with E-state index in [9.17, 15) is 14.0 Å². The minimum Gasteiger partial charge on any atom is -0.488 e. The van der Waals surface area contributed by atoms with Crippen LogP contribution in [0.2, 0.25) is 5.02 Å². The van der Waals surface area contributed by atoms with Gasteiger partial charge in [-0.1, -0.05) is 60.1 Å². The van der Waals surface area contributed by atoms with Gasteiger partial charge in [-0.15, -0.1) is 0 Å². The van der Waals surface area contributed by atoms with Gasteiger partial charge in [0.1, 0.15) is 23.8 Å². The van der Waals surface area contributed by atoms with E-state index in [4.69, 9.17) is 33.1 Å². The van der Waals surface area contributed by atoms with E-state index in [1.165, 1.54) is 24.3 Å². The van der Waals surface area contributed by atoms with Crippen LogP contribution in [0.4, 0.5) is 14.9 Å². The number of benzene rings is 3. The van der Waals surface area contributed by atoms with Crippen molar-refractivity contribution >= 4 is 35.2 Å². The van der Waals surface area contributed by atoms with E-state index in [0.717, 1.165) is 11.6 Å². The molecule has 0 heterocycles. The summed E-state index contributed by atoms with van der Waals surface area (Å²) in [7, 11) is 0. The van der Waals surface area contributed by atoms with Crippen LogP contribution in [-0.4, -0.2) is 23.6 Å². The molecule has 0 spiro atoms.